The zero-order chi connectivity index (χ0) is 9.47. The Labute approximate surface area is 79.9 Å². The first-order valence-electron chi connectivity index (χ1n) is 5.23. The summed E-state index contributed by atoms with van der Waals surface area (Å²) in [5, 5.41) is 16.1. The first-order valence-corrected chi connectivity index (χ1v) is 5.23. The monoisotopic (exact) mass is 184 g/mol. The lowest BCUT2D eigenvalue weighted by Crippen LogP contribution is -2.36. The summed E-state index contributed by atoms with van der Waals surface area (Å²) >= 11 is 0. The summed E-state index contributed by atoms with van der Waals surface area (Å²) in [6.45, 7) is 6.36. The minimum Gasteiger partial charge on any atom is -0.392 e. The van der Waals surface area contributed by atoms with Crippen LogP contribution in [0.3, 0.4) is 0 Å². The molecular weight excluding hydrogens is 164 g/mol. The van der Waals surface area contributed by atoms with Crippen LogP contribution in [0.1, 0.15) is 26.7 Å². The highest BCUT2D eigenvalue weighted by molar-refractivity contribution is 5.02. The molecule has 2 fully saturated rings. The maximum absolute atomic E-state index is 9.29. The van der Waals surface area contributed by atoms with Crippen LogP contribution in [0.25, 0.3) is 0 Å². The van der Waals surface area contributed by atoms with Gasteiger partial charge in [0.1, 0.15) is 0 Å². The fourth-order valence-electron chi connectivity index (χ4n) is 2.05. The lowest BCUT2D eigenvalue weighted by atomic mass is 10.1. The normalized spacial score (nSPS) is 42.2. The summed E-state index contributed by atoms with van der Waals surface area (Å²) in [5.41, 5.74) is 0.511. The van der Waals surface area contributed by atoms with E-state index in [0.717, 1.165) is 19.5 Å². The van der Waals surface area contributed by atoms with Gasteiger partial charge in [0.05, 0.1) is 6.10 Å². The molecule has 76 valence electrons. The van der Waals surface area contributed by atoms with Gasteiger partial charge in [-0.15, -0.1) is 0 Å². The molecule has 0 aromatic rings. The molecule has 0 aromatic carbocycles. The van der Waals surface area contributed by atoms with E-state index in [-0.39, 0.29) is 6.10 Å². The van der Waals surface area contributed by atoms with E-state index in [1.165, 1.54) is 6.42 Å². The zero-order valence-corrected chi connectivity index (χ0v) is 8.51. The van der Waals surface area contributed by atoms with Gasteiger partial charge < -0.3 is 15.7 Å². The second-order valence-electron chi connectivity index (χ2n) is 5.15. The Kier molecular flexibility index (Phi) is 2.34. The molecule has 0 radical (unpaired) electrons. The fourth-order valence-corrected chi connectivity index (χ4v) is 2.05. The summed E-state index contributed by atoms with van der Waals surface area (Å²) in [6, 6.07) is 1.18. The van der Waals surface area contributed by atoms with Crippen molar-refractivity contribution in [3.05, 3.63) is 0 Å². The Morgan fingerprint density at radius 3 is 2.69 bits per heavy atom. The highest BCUT2D eigenvalue weighted by atomic mass is 16.3. The number of rotatable bonds is 3. The van der Waals surface area contributed by atoms with Gasteiger partial charge in [0.2, 0.25) is 0 Å². The van der Waals surface area contributed by atoms with Crippen molar-refractivity contribution in [2.24, 2.45) is 5.41 Å². The number of β-amino-alcohol motifs (C(OH)–C–C–N with tert-alkyl or cyclic N) is 1. The molecule has 1 heterocycles. The Morgan fingerprint density at radius 1 is 1.54 bits per heavy atom. The maximum atomic E-state index is 9.29. The van der Waals surface area contributed by atoms with Crippen molar-refractivity contribution in [1.29, 1.82) is 0 Å². The van der Waals surface area contributed by atoms with Crippen LogP contribution >= 0.6 is 0 Å². The smallest absolute Gasteiger partial charge is 0.0680 e. The van der Waals surface area contributed by atoms with Crippen LogP contribution in [0.5, 0.6) is 0 Å². The average Bonchev–Trinajstić information content (AvgIpc) is 2.45. The van der Waals surface area contributed by atoms with Crippen molar-refractivity contribution in [3.63, 3.8) is 0 Å². The molecule has 3 N–H and O–H groups in total. The Hall–Kier alpha value is -0.120. The van der Waals surface area contributed by atoms with Crippen molar-refractivity contribution < 1.29 is 5.11 Å². The van der Waals surface area contributed by atoms with E-state index in [2.05, 4.69) is 24.5 Å². The summed E-state index contributed by atoms with van der Waals surface area (Å²) in [6.07, 6.45) is 2.07. The number of nitrogens with one attached hydrogen (secondary N) is 2. The van der Waals surface area contributed by atoms with Crippen LogP contribution in [-0.4, -0.2) is 36.4 Å². The molecule has 0 bridgehead atoms. The SMILES string of the molecule is CC1(C)CC1NCC1CC(O)CN1. The third-order valence-corrected chi connectivity index (χ3v) is 3.32. The molecular formula is C10H20N2O. The van der Waals surface area contributed by atoms with Crippen LogP contribution in [0.4, 0.5) is 0 Å². The van der Waals surface area contributed by atoms with Gasteiger partial charge in [0.15, 0.2) is 0 Å². The molecule has 1 saturated heterocycles. The first-order chi connectivity index (χ1) is 6.08. The third-order valence-electron chi connectivity index (χ3n) is 3.32. The quantitative estimate of drug-likeness (QED) is 0.583. The average molecular weight is 184 g/mol. The summed E-state index contributed by atoms with van der Waals surface area (Å²) < 4.78 is 0. The van der Waals surface area contributed by atoms with Crippen molar-refractivity contribution in [2.75, 3.05) is 13.1 Å². The maximum Gasteiger partial charge on any atom is 0.0680 e. The minimum absolute atomic E-state index is 0.126. The van der Waals surface area contributed by atoms with E-state index < -0.39 is 0 Å². The van der Waals surface area contributed by atoms with Crippen molar-refractivity contribution in [1.82, 2.24) is 10.6 Å². The number of aliphatic hydroxyl groups excluding tert-OH is 1. The van der Waals surface area contributed by atoms with Crippen LogP contribution in [-0.2, 0) is 0 Å². The molecule has 3 heteroatoms. The third kappa shape index (κ3) is 2.22. The topological polar surface area (TPSA) is 44.3 Å². The summed E-state index contributed by atoms with van der Waals surface area (Å²) in [4.78, 5) is 0. The summed E-state index contributed by atoms with van der Waals surface area (Å²) in [7, 11) is 0. The van der Waals surface area contributed by atoms with Crippen molar-refractivity contribution in [2.45, 2.75) is 44.9 Å². The number of hydrogen-bond acceptors (Lipinski definition) is 3. The highest BCUT2D eigenvalue weighted by Gasteiger charge is 2.45. The van der Waals surface area contributed by atoms with Crippen molar-refractivity contribution in [3.8, 4) is 0 Å². The van der Waals surface area contributed by atoms with Gasteiger partial charge in [-0.25, -0.2) is 0 Å². The van der Waals surface area contributed by atoms with Gasteiger partial charge in [0, 0.05) is 25.2 Å². The minimum atomic E-state index is -0.126. The highest BCUT2D eigenvalue weighted by Crippen LogP contribution is 2.44. The van der Waals surface area contributed by atoms with Gasteiger partial charge in [-0.3, -0.25) is 0 Å². The first kappa shape index (κ1) is 9.44. The molecule has 0 amide bonds. The molecule has 2 rings (SSSR count). The van der Waals surface area contributed by atoms with E-state index in [4.69, 9.17) is 0 Å². The van der Waals surface area contributed by atoms with E-state index in [1.807, 2.05) is 0 Å². The molecule has 0 aromatic heterocycles. The van der Waals surface area contributed by atoms with E-state index in [0.29, 0.717) is 17.5 Å². The van der Waals surface area contributed by atoms with E-state index >= 15 is 0 Å². The van der Waals surface area contributed by atoms with E-state index in [9.17, 15) is 5.11 Å². The van der Waals surface area contributed by atoms with Crippen LogP contribution in [0.15, 0.2) is 0 Å². The van der Waals surface area contributed by atoms with Crippen molar-refractivity contribution >= 4 is 0 Å². The van der Waals surface area contributed by atoms with E-state index in [1.54, 1.807) is 0 Å². The molecule has 3 nitrogen and oxygen atoms in total. The molecule has 2 aliphatic rings. The summed E-state index contributed by atoms with van der Waals surface area (Å²) in [5.74, 6) is 0. The number of hydrogen-bond donors (Lipinski definition) is 3. The molecule has 3 atom stereocenters. The second-order valence-corrected chi connectivity index (χ2v) is 5.15. The lowest BCUT2D eigenvalue weighted by Gasteiger charge is -2.12. The molecule has 1 aliphatic heterocycles. The van der Waals surface area contributed by atoms with Crippen LogP contribution in [0.2, 0.25) is 0 Å². The standard InChI is InChI=1S/C10H20N2O/c1-10(2)4-9(10)12-5-7-3-8(13)6-11-7/h7-9,11-13H,3-6H2,1-2H3. The zero-order valence-electron chi connectivity index (χ0n) is 8.51. The van der Waals surface area contributed by atoms with Gasteiger partial charge in [-0.05, 0) is 18.3 Å². The Morgan fingerprint density at radius 2 is 2.23 bits per heavy atom. The second kappa shape index (κ2) is 3.23. The Bertz CT molecular complexity index is 193. The lowest BCUT2D eigenvalue weighted by molar-refractivity contribution is 0.193. The van der Waals surface area contributed by atoms with Gasteiger partial charge in [-0.1, -0.05) is 13.8 Å². The molecule has 1 aliphatic carbocycles. The van der Waals surface area contributed by atoms with Gasteiger partial charge in [-0.2, -0.15) is 0 Å². The predicted molar refractivity (Wildman–Crippen MR) is 52.6 cm³/mol. The predicted octanol–water partition coefficient (Wildman–Crippen LogP) is 0.0973. The molecule has 3 unspecified atom stereocenters. The van der Waals surface area contributed by atoms with Gasteiger partial charge in [0.25, 0.3) is 0 Å². The van der Waals surface area contributed by atoms with Crippen LogP contribution in [0, 0.1) is 5.41 Å². The van der Waals surface area contributed by atoms with Crippen LogP contribution < -0.4 is 10.6 Å². The fraction of sp³-hybridized carbons (Fsp3) is 1.00. The molecule has 13 heavy (non-hydrogen) atoms. The Balaban J connectivity index is 1.64. The number of aliphatic hydroxyl groups is 1. The largest absolute Gasteiger partial charge is 0.392 e. The molecule has 1 saturated carbocycles. The van der Waals surface area contributed by atoms with Gasteiger partial charge >= 0.3 is 0 Å². The molecule has 0 spiro atoms.